The maximum atomic E-state index is 11.3. The summed E-state index contributed by atoms with van der Waals surface area (Å²) >= 11 is 0. The molecule has 18 heavy (non-hydrogen) atoms. The lowest BCUT2D eigenvalue weighted by Gasteiger charge is -2.11. The Morgan fingerprint density at radius 2 is 1.83 bits per heavy atom. The Labute approximate surface area is 110 Å². The maximum absolute atomic E-state index is 11.3. The number of carbonyl (C=O) groups is 1. The van der Waals surface area contributed by atoms with Gasteiger partial charge in [-0.3, -0.25) is 0 Å². The van der Waals surface area contributed by atoms with E-state index in [1.54, 1.807) is 0 Å². The lowest BCUT2D eigenvalue weighted by Crippen LogP contribution is -2.22. The molecular weight excluding hydrogens is 232 g/mol. The highest BCUT2D eigenvalue weighted by Crippen LogP contribution is 2.32. The number of hydrogen-bond acceptors (Lipinski definition) is 4. The maximum Gasteiger partial charge on any atom is 0.508 e. The van der Waals surface area contributed by atoms with Gasteiger partial charge in [0.1, 0.15) is 12.2 Å². The van der Waals surface area contributed by atoms with Crippen molar-refractivity contribution in [3.63, 3.8) is 0 Å². The second-order valence-corrected chi connectivity index (χ2v) is 5.02. The standard InChI is InChI=1S/C14H26O4/c1-3-5-6-7-8-10-16-13(15)17-11-14(9-4-2)12-18-14/h3-12H2,1-2H3. The summed E-state index contributed by atoms with van der Waals surface area (Å²) in [5.74, 6) is 0. The minimum atomic E-state index is -0.559. The van der Waals surface area contributed by atoms with Crippen molar-refractivity contribution in [2.75, 3.05) is 19.8 Å². The van der Waals surface area contributed by atoms with Crippen LogP contribution in [0.3, 0.4) is 0 Å². The fourth-order valence-corrected chi connectivity index (χ4v) is 1.95. The fraction of sp³-hybridized carbons (Fsp3) is 0.929. The Morgan fingerprint density at radius 1 is 1.11 bits per heavy atom. The van der Waals surface area contributed by atoms with Gasteiger partial charge in [0.25, 0.3) is 0 Å². The molecule has 0 N–H and O–H groups in total. The largest absolute Gasteiger partial charge is 0.508 e. The van der Waals surface area contributed by atoms with Crippen molar-refractivity contribution in [3.05, 3.63) is 0 Å². The average molecular weight is 258 g/mol. The van der Waals surface area contributed by atoms with Crippen LogP contribution in [0.5, 0.6) is 0 Å². The normalized spacial score (nSPS) is 21.7. The third kappa shape index (κ3) is 6.24. The summed E-state index contributed by atoms with van der Waals surface area (Å²) in [7, 11) is 0. The van der Waals surface area contributed by atoms with Crippen LogP contribution in [0.2, 0.25) is 0 Å². The SMILES string of the molecule is CCCCCCCOC(=O)OCC1(CCC)CO1. The van der Waals surface area contributed by atoms with E-state index in [9.17, 15) is 4.79 Å². The molecule has 1 fully saturated rings. The molecule has 1 rings (SSSR count). The van der Waals surface area contributed by atoms with E-state index in [4.69, 9.17) is 14.2 Å². The van der Waals surface area contributed by atoms with E-state index in [1.807, 2.05) is 0 Å². The van der Waals surface area contributed by atoms with Crippen LogP contribution in [0.4, 0.5) is 4.79 Å². The minimum absolute atomic E-state index is 0.200. The molecule has 1 saturated heterocycles. The zero-order valence-corrected chi connectivity index (χ0v) is 11.7. The first-order valence-electron chi connectivity index (χ1n) is 7.16. The highest BCUT2D eigenvalue weighted by atomic mass is 16.7. The van der Waals surface area contributed by atoms with Crippen LogP contribution in [0, 0.1) is 0 Å². The first kappa shape index (κ1) is 15.3. The van der Waals surface area contributed by atoms with Crippen molar-refractivity contribution in [3.8, 4) is 0 Å². The summed E-state index contributed by atoms with van der Waals surface area (Å²) < 4.78 is 15.4. The number of unbranched alkanes of at least 4 members (excludes halogenated alkanes) is 4. The van der Waals surface area contributed by atoms with E-state index >= 15 is 0 Å². The molecule has 0 amide bonds. The molecule has 1 heterocycles. The van der Waals surface area contributed by atoms with Crippen molar-refractivity contribution < 1.29 is 19.0 Å². The van der Waals surface area contributed by atoms with Crippen LogP contribution in [-0.2, 0) is 14.2 Å². The first-order valence-corrected chi connectivity index (χ1v) is 7.16. The summed E-state index contributed by atoms with van der Waals surface area (Å²) in [4.78, 5) is 11.3. The van der Waals surface area contributed by atoms with Gasteiger partial charge in [0.15, 0.2) is 0 Å². The number of rotatable bonds is 10. The van der Waals surface area contributed by atoms with Crippen molar-refractivity contribution in [2.24, 2.45) is 0 Å². The predicted octanol–water partition coefficient (Wildman–Crippen LogP) is 3.68. The molecule has 0 aliphatic carbocycles. The average Bonchev–Trinajstić information content (AvgIpc) is 3.12. The molecule has 4 nitrogen and oxygen atoms in total. The molecule has 1 aliphatic rings. The fourth-order valence-electron chi connectivity index (χ4n) is 1.95. The smallest absolute Gasteiger partial charge is 0.434 e. The van der Waals surface area contributed by atoms with Gasteiger partial charge >= 0.3 is 6.16 Å². The number of ether oxygens (including phenoxy) is 3. The van der Waals surface area contributed by atoms with Gasteiger partial charge in [-0.25, -0.2) is 4.79 Å². The van der Waals surface area contributed by atoms with Gasteiger partial charge in [0.05, 0.1) is 13.2 Å². The molecular formula is C14H26O4. The van der Waals surface area contributed by atoms with E-state index in [-0.39, 0.29) is 5.60 Å². The monoisotopic (exact) mass is 258 g/mol. The Morgan fingerprint density at radius 3 is 2.44 bits per heavy atom. The third-order valence-electron chi connectivity index (χ3n) is 3.18. The highest BCUT2D eigenvalue weighted by molar-refractivity contribution is 5.59. The van der Waals surface area contributed by atoms with Gasteiger partial charge < -0.3 is 14.2 Å². The van der Waals surface area contributed by atoms with Crippen LogP contribution in [0.15, 0.2) is 0 Å². The quantitative estimate of drug-likeness (QED) is 0.341. The van der Waals surface area contributed by atoms with Crippen LogP contribution >= 0.6 is 0 Å². The summed E-state index contributed by atoms with van der Waals surface area (Å²) in [6.45, 7) is 5.77. The van der Waals surface area contributed by atoms with Crippen molar-refractivity contribution in [2.45, 2.75) is 64.4 Å². The van der Waals surface area contributed by atoms with Gasteiger partial charge in [0.2, 0.25) is 0 Å². The van der Waals surface area contributed by atoms with E-state index in [0.717, 1.165) is 25.7 Å². The minimum Gasteiger partial charge on any atom is -0.434 e. The number of epoxide rings is 1. The first-order chi connectivity index (χ1) is 8.72. The van der Waals surface area contributed by atoms with Crippen LogP contribution in [-0.4, -0.2) is 31.6 Å². The molecule has 1 aliphatic heterocycles. The van der Waals surface area contributed by atoms with E-state index in [2.05, 4.69) is 13.8 Å². The van der Waals surface area contributed by atoms with Gasteiger partial charge in [-0.15, -0.1) is 0 Å². The van der Waals surface area contributed by atoms with Crippen LogP contribution < -0.4 is 0 Å². The molecule has 106 valence electrons. The zero-order chi connectivity index (χ0) is 13.3. The van der Waals surface area contributed by atoms with Gasteiger partial charge in [-0.2, -0.15) is 0 Å². The predicted molar refractivity (Wildman–Crippen MR) is 69.7 cm³/mol. The molecule has 1 atom stereocenters. The molecule has 0 aromatic carbocycles. The van der Waals surface area contributed by atoms with E-state index < -0.39 is 6.16 Å². The zero-order valence-electron chi connectivity index (χ0n) is 11.7. The molecule has 0 bridgehead atoms. The Balaban J connectivity index is 1.94. The molecule has 0 saturated carbocycles. The lowest BCUT2D eigenvalue weighted by atomic mass is 10.1. The van der Waals surface area contributed by atoms with Crippen molar-refractivity contribution in [1.82, 2.24) is 0 Å². The summed E-state index contributed by atoms with van der Waals surface area (Å²) in [5, 5.41) is 0. The second-order valence-electron chi connectivity index (χ2n) is 5.02. The van der Waals surface area contributed by atoms with Gasteiger partial charge in [0, 0.05) is 0 Å². The molecule has 4 heteroatoms. The van der Waals surface area contributed by atoms with Crippen molar-refractivity contribution in [1.29, 1.82) is 0 Å². The topological polar surface area (TPSA) is 48.1 Å². The number of carbonyl (C=O) groups excluding carboxylic acids is 1. The second kappa shape index (κ2) is 8.35. The summed E-state index contributed by atoms with van der Waals surface area (Å²) in [6.07, 6.45) is 7.14. The molecule has 1 unspecified atom stereocenters. The van der Waals surface area contributed by atoms with Crippen molar-refractivity contribution >= 4 is 6.16 Å². The summed E-state index contributed by atoms with van der Waals surface area (Å²) in [6, 6.07) is 0. The Hall–Kier alpha value is -0.770. The van der Waals surface area contributed by atoms with E-state index in [0.29, 0.717) is 19.8 Å². The van der Waals surface area contributed by atoms with E-state index in [1.165, 1.54) is 19.3 Å². The van der Waals surface area contributed by atoms with Gasteiger partial charge in [-0.05, 0) is 12.8 Å². The number of hydrogen-bond donors (Lipinski definition) is 0. The van der Waals surface area contributed by atoms with Crippen LogP contribution in [0.25, 0.3) is 0 Å². The highest BCUT2D eigenvalue weighted by Gasteiger charge is 2.45. The summed E-state index contributed by atoms with van der Waals surface area (Å²) in [5.41, 5.74) is -0.200. The third-order valence-corrected chi connectivity index (χ3v) is 3.18. The molecule has 0 aromatic rings. The van der Waals surface area contributed by atoms with Crippen LogP contribution in [0.1, 0.15) is 58.8 Å². The molecule has 0 radical (unpaired) electrons. The Kier molecular flexibility index (Phi) is 7.09. The Bertz CT molecular complexity index is 236. The molecule has 0 aromatic heterocycles. The van der Waals surface area contributed by atoms with Gasteiger partial charge in [-0.1, -0.05) is 46.0 Å². The molecule has 0 spiro atoms. The lowest BCUT2D eigenvalue weighted by molar-refractivity contribution is 0.0350.